The number of aromatic nitrogens is 2. The minimum Gasteiger partial charge on any atom is -0.360 e. The summed E-state index contributed by atoms with van der Waals surface area (Å²) in [7, 11) is -2.82. The van der Waals surface area contributed by atoms with E-state index < -0.39 is 9.84 Å². The molecule has 124 valence electrons. The summed E-state index contributed by atoms with van der Waals surface area (Å²) >= 11 is 1.41. The van der Waals surface area contributed by atoms with Crippen LogP contribution in [0.4, 0.5) is 9.52 Å². The highest BCUT2D eigenvalue weighted by atomic mass is 32.2. The first kappa shape index (κ1) is 16.3. The molecule has 0 atom stereocenters. The van der Waals surface area contributed by atoms with E-state index in [0.29, 0.717) is 42.4 Å². The van der Waals surface area contributed by atoms with E-state index in [1.165, 1.54) is 17.4 Å². The molecule has 1 aliphatic rings. The monoisotopic (exact) mass is 355 g/mol. The van der Waals surface area contributed by atoms with Crippen molar-refractivity contribution in [2.24, 2.45) is 5.92 Å². The lowest BCUT2D eigenvalue weighted by molar-refractivity contribution is 0.484. The highest BCUT2D eigenvalue weighted by molar-refractivity contribution is 7.91. The van der Waals surface area contributed by atoms with E-state index in [1.54, 1.807) is 18.2 Å². The van der Waals surface area contributed by atoms with Gasteiger partial charge in [-0.3, -0.25) is 0 Å². The molecule has 0 unspecified atom stereocenters. The van der Waals surface area contributed by atoms with E-state index in [2.05, 4.69) is 15.5 Å². The molecule has 1 fully saturated rings. The molecule has 23 heavy (non-hydrogen) atoms. The number of hydrogen-bond donors (Lipinski definition) is 1. The number of nitrogens with zero attached hydrogens (tertiary/aromatic N) is 2. The first-order valence-corrected chi connectivity index (χ1v) is 10.2. The second-order valence-electron chi connectivity index (χ2n) is 5.75. The highest BCUT2D eigenvalue weighted by Crippen LogP contribution is 2.23. The Kier molecular flexibility index (Phi) is 4.91. The number of benzene rings is 1. The summed E-state index contributed by atoms with van der Waals surface area (Å²) in [6.07, 6.45) is 1.81. The Morgan fingerprint density at radius 2 is 1.96 bits per heavy atom. The first-order chi connectivity index (χ1) is 11.0. The van der Waals surface area contributed by atoms with E-state index in [4.69, 9.17) is 0 Å². The second kappa shape index (κ2) is 6.92. The molecule has 0 aliphatic carbocycles. The van der Waals surface area contributed by atoms with Crippen LogP contribution < -0.4 is 5.32 Å². The standard InChI is InChI=1S/C15H18FN3O2S2/c16-13-4-2-1-3-12(13)9-14-18-19-15(22-14)17-10-11-5-7-23(20,21)8-6-11/h1-4,11H,5-10H2,(H,17,19). The normalized spacial score (nSPS) is 18.0. The molecule has 1 saturated heterocycles. The molecule has 0 spiro atoms. The van der Waals surface area contributed by atoms with Gasteiger partial charge in [0.15, 0.2) is 0 Å². The lowest BCUT2D eigenvalue weighted by Crippen LogP contribution is -2.27. The lowest BCUT2D eigenvalue weighted by Gasteiger charge is -2.21. The van der Waals surface area contributed by atoms with E-state index in [0.717, 1.165) is 5.01 Å². The fourth-order valence-electron chi connectivity index (χ4n) is 2.58. The number of nitrogens with one attached hydrogen (secondary N) is 1. The van der Waals surface area contributed by atoms with Gasteiger partial charge in [-0.1, -0.05) is 29.5 Å². The predicted molar refractivity (Wildman–Crippen MR) is 89.0 cm³/mol. The van der Waals surface area contributed by atoms with Crippen LogP contribution in [-0.4, -0.2) is 36.7 Å². The minimum atomic E-state index is -2.82. The Bertz CT molecular complexity index is 763. The lowest BCUT2D eigenvalue weighted by atomic mass is 10.0. The summed E-state index contributed by atoms with van der Waals surface area (Å²) in [5, 5.41) is 12.8. The third kappa shape index (κ3) is 4.48. The van der Waals surface area contributed by atoms with E-state index in [-0.39, 0.29) is 17.3 Å². The average molecular weight is 355 g/mol. The molecule has 5 nitrogen and oxygen atoms in total. The molecule has 0 amide bonds. The summed E-state index contributed by atoms with van der Waals surface area (Å²) in [6.45, 7) is 0.698. The Hall–Kier alpha value is -1.54. The number of hydrogen-bond acceptors (Lipinski definition) is 6. The minimum absolute atomic E-state index is 0.236. The highest BCUT2D eigenvalue weighted by Gasteiger charge is 2.23. The Labute approximate surface area is 138 Å². The molecule has 1 aromatic carbocycles. The van der Waals surface area contributed by atoms with E-state index in [1.807, 2.05) is 0 Å². The average Bonchev–Trinajstić information content (AvgIpc) is 2.96. The van der Waals surface area contributed by atoms with Gasteiger partial charge >= 0.3 is 0 Å². The van der Waals surface area contributed by atoms with Crippen molar-refractivity contribution in [1.82, 2.24) is 10.2 Å². The van der Waals surface area contributed by atoms with Gasteiger partial charge in [0.2, 0.25) is 5.13 Å². The third-order valence-electron chi connectivity index (χ3n) is 3.98. The van der Waals surface area contributed by atoms with Crippen LogP contribution in [0.3, 0.4) is 0 Å². The van der Waals surface area contributed by atoms with Crippen LogP contribution in [0, 0.1) is 11.7 Å². The van der Waals surface area contributed by atoms with Crippen molar-refractivity contribution in [3.05, 3.63) is 40.7 Å². The van der Waals surface area contributed by atoms with Gasteiger partial charge in [-0.2, -0.15) is 0 Å². The van der Waals surface area contributed by atoms with Gasteiger partial charge in [0, 0.05) is 13.0 Å². The maximum Gasteiger partial charge on any atom is 0.205 e. The third-order valence-corrected chi connectivity index (χ3v) is 6.58. The predicted octanol–water partition coefficient (Wildman–Crippen LogP) is 2.50. The number of rotatable bonds is 5. The van der Waals surface area contributed by atoms with Gasteiger partial charge in [0.1, 0.15) is 20.7 Å². The van der Waals surface area contributed by atoms with E-state index >= 15 is 0 Å². The van der Waals surface area contributed by atoms with Crippen molar-refractivity contribution in [1.29, 1.82) is 0 Å². The summed E-state index contributed by atoms with van der Waals surface area (Å²) < 4.78 is 36.4. The Balaban J connectivity index is 1.53. The molecule has 0 saturated carbocycles. The molecule has 8 heteroatoms. The van der Waals surface area contributed by atoms with Crippen LogP contribution in [0.25, 0.3) is 0 Å². The van der Waals surface area contributed by atoms with Crippen molar-refractivity contribution in [2.45, 2.75) is 19.3 Å². The van der Waals surface area contributed by atoms with Crippen molar-refractivity contribution >= 4 is 26.3 Å². The SMILES string of the molecule is O=S1(=O)CCC(CNc2nnc(Cc3ccccc3F)s2)CC1. The quantitative estimate of drug-likeness (QED) is 0.892. The molecular formula is C15H18FN3O2S2. The molecule has 0 radical (unpaired) electrons. The van der Waals surface area contributed by atoms with E-state index in [9.17, 15) is 12.8 Å². The number of halogens is 1. The van der Waals surface area contributed by atoms with Crippen molar-refractivity contribution < 1.29 is 12.8 Å². The second-order valence-corrected chi connectivity index (χ2v) is 9.11. The molecule has 1 aliphatic heterocycles. The van der Waals surface area contributed by atoms with Crippen LogP contribution in [-0.2, 0) is 16.3 Å². The van der Waals surface area contributed by atoms with Crippen LogP contribution >= 0.6 is 11.3 Å². The van der Waals surface area contributed by atoms with Crippen LogP contribution in [0.5, 0.6) is 0 Å². The van der Waals surface area contributed by atoms with Crippen LogP contribution in [0.15, 0.2) is 24.3 Å². The van der Waals surface area contributed by atoms with Crippen LogP contribution in [0.2, 0.25) is 0 Å². The first-order valence-electron chi connectivity index (χ1n) is 7.52. The zero-order chi connectivity index (χ0) is 16.3. The topological polar surface area (TPSA) is 72.0 Å². The maximum absolute atomic E-state index is 13.6. The molecule has 1 aromatic heterocycles. The zero-order valence-electron chi connectivity index (χ0n) is 12.5. The zero-order valence-corrected chi connectivity index (χ0v) is 14.2. The van der Waals surface area contributed by atoms with Gasteiger partial charge in [-0.05, 0) is 30.4 Å². The summed E-state index contributed by atoms with van der Waals surface area (Å²) in [6, 6.07) is 6.64. The maximum atomic E-state index is 13.6. The largest absolute Gasteiger partial charge is 0.360 e. The van der Waals surface area contributed by atoms with Crippen molar-refractivity contribution in [2.75, 3.05) is 23.4 Å². The Morgan fingerprint density at radius 1 is 1.22 bits per heavy atom. The van der Waals surface area contributed by atoms with Crippen LogP contribution in [0.1, 0.15) is 23.4 Å². The number of sulfone groups is 1. The number of anilines is 1. The van der Waals surface area contributed by atoms with Gasteiger partial charge in [0.25, 0.3) is 0 Å². The summed E-state index contributed by atoms with van der Waals surface area (Å²) in [5.74, 6) is 0.653. The molecule has 0 bridgehead atoms. The van der Waals surface area contributed by atoms with Crippen molar-refractivity contribution in [3.63, 3.8) is 0 Å². The Morgan fingerprint density at radius 3 is 2.70 bits per heavy atom. The smallest absolute Gasteiger partial charge is 0.205 e. The summed E-state index contributed by atoms with van der Waals surface area (Å²) in [5.41, 5.74) is 0.604. The van der Waals surface area contributed by atoms with Crippen molar-refractivity contribution in [3.8, 4) is 0 Å². The fourth-order valence-corrected chi connectivity index (χ4v) is 4.93. The van der Waals surface area contributed by atoms with Gasteiger partial charge in [-0.15, -0.1) is 10.2 Å². The molecule has 2 aromatic rings. The molecular weight excluding hydrogens is 337 g/mol. The van der Waals surface area contributed by atoms with Gasteiger partial charge in [-0.25, -0.2) is 12.8 Å². The molecule has 1 N–H and O–H groups in total. The molecule has 2 heterocycles. The van der Waals surface area contributed by atoms with Gasteiger partial charge in [0.05, 0.1) is 11.5 Å². The molecule has 3 rings (SSSR count). The summed E-state index contributed by atoms with van der Waals surface area (Å²) in [4.78, 5) is 0. The fraction of sp³-hybridized carbons (Fsp3) is 0.467. The van der Waals surface area contributed by atoms with Gasteiger partial charge < -0.3 is 5.32 Å².